The van der Waals surface area contributed by atoms with Gasteiger partial charge in [0.15, 0.2) is 5.70 Å². The van der Waals surface area contributed by atoms with Gasteiger partial charge >= 0.3 is 6.18 Å². The molecule has 3 amide bonds. The van der Waals surface area contributed by atoms with Crippen molar-refractivity contribution in [2.45, 2.75) is 50.9 Å². The van der Waals surface area contributed by atoms with Crippen molar-refractivity contribution in [1.82, 2.24) is 10.6 Å². The Bertz CT molecular complexity index is 1430. The fourth-order valence-corrected chi connectivity index (χ4v) is 4.54. The number of alkyl halides is 3. The van der Waals surface area contributed by atoms with E-state index in [1.807, 2.05) is 6.07 Å². The predicted octanol–water partition coefficient (Wildman–Crippen LogP) is 4.26. The van der Waals surface area contributed by atoms with Crippen LogP contribution in [0.1, 0.15) is 49.3 Å². The van der Waals surface area contributed by atoms with Gasteiger partial charge in [0.25, 0.3) is 0 Å². The molecule has 0 bridgehead atoms. The summed E-state index contributed by atoms with van der Waals surface area (Å²) in [7, 11) is 0. The first-order chi connectivity index (χ1) is 18.5. The van der Waals surface area contributed by atoms with Crippen molar-refractivity contribution in [3.8, 4) is 6.07 Å². The first-order valence-electron chi connectivity index (χ1n) is 12.2. The number of carbonyl (C=O) groups is 3. The van der Waals surface area contributed by atoms with Crippen molar-refractivity contribution in [1.29, 1.82) is 5.26 Å². The normalized spacial score (nSPS) is 20.1. The third kappa shape index (κ3) is 5.63. The van der Waals surface area contributed by atoms with E-state index in [9.17, 15) is 27.6 Å². The Morgan fingerprint density at radius 1 is 1.18 bits per heavy atom. The van der Waals surface area contributed by atoms with Crippen molar-refractivity contribution in [2.75, 3.05) is 4.90 Å². The third-order valence-electron chi connectivity index (χ3n) is 6.73. The number of benzene rings is 2. The maximum atomic E-state index is 13.9. The molecule has 200 valence electrons. The molecule has 2 aromatic rings. The number of rotatable bonds is 6. The number of allylic oxidation sites excluding steroid dienone is 2. The van der Waals surface area contributed by atoms with Gasteiger partial charge in [0.1, 0.15) is 12.0 Å². The summed E-state index contributed by atoms with van der Waals surface area (Å²) in [6.45, 7) is 10.8. The summed E-state index contributed by atoms with van der Waals surface area (Å²) in [5.41, 5.74) is -0.372. The number of amides is 3. The van der Waals surface area contributed by atoms with Crippen molar-refractivity contribution in [3.63, 3.8) is 0 Å². The van der Waals surface area contributed by atoms with Crippen molar-refractivity contribution in [2.24, 2.45) is 5.92 Å². The van der Waals surface area contributed by atoms with E-state index >= 15 is 0 Å². The maximum Gasteiger partial charge on any atom is 0.416 e. The summed E-state index contributed by atoms with van der Waals surface area (Å²) in [4.78, 5) is 44.6. The van der Waals surface area contributed by atoms with E-state index in [1.54, 1.807) is 0 Å². The van der Waals surface area contributed by atoms with E-state index in [0.29, 0.717) is 11.1 Å². The molecule has 3 atom stereocenters. The predicted molar refractivity (Wildman–Crippen MR) is 134 cm³/mol. The Hall–Kier alpha value is -4.64. The van der Waals surface area contributed by atoms with Crippen LogP contribution in [0, 0.1) is 23.8 Å². The number of hydrogen-bond donors (Lipinski definition) is 2. The molecule has 4 rings (SSSR count). The molecule has 1 fully saturated rings. The quantitative estimate of drug-likeness (QED) is 0.426. The second-order valence-electron chi connectivity index (χ2n) is 9.51. The highest BCUT2D eigenvalue weighted by Crippen LogP contribution is 2.44. The molecular weight excluding hydrogens is 511 g/mol. The van der Waals surface area contributed by atoms with E-state index in [2.05, 4.69) is 15.5 Å². The third-order valence-corrected chi connectivity index (χ3v) is 6.73. The Labute approximate surface area is 222 Å². The van der Waals surface area contributed by atoms with Gasteiger partial charge < -0.3 is 10.6 Å². The molecule has 1 saturated carbocycles. The molecule has 2 unspecified atom stereocenters. The van der Waals surface area contributed by atoms with Crippen molar-refractivity contribution < 1.29 is 27.6 Å². The lowest BCUT2D eigenvalue weighted by Gasteiger charge is -2.38. The van der Waals surface area contributed by atoms with Crippen LogP contribution in [0.25, 0.3) is 4.85 Å². The van der Waals surface area contributed by atoms with Crippen LogP contribution in [0.15, 0.2) is 59.9 Å². The van der Waals surface area contributed by atoms with Gasteiger partial charge in [0.2, 0.25) is 17.7 Å². The highest BCUT2D eigenvalue weighted by atomic mass is 19.4. The van der Waals surface area contributed by atoms with Crippen LogP contribution < -0.4 is 15.5 Å². The molecule has 0 saturated heterocycles. The van der Waals surface area contributed by atoms with E-state index in [1.165, 1.54) is 44.2 Å². The zero-order valence-electron chi connectivity index (χ0n) is 21.0. The van der Waals surface area contributed by atoms with Gasteiger partial charge in [-0.15, -0.1) is 0 Å². The minimum atomic E-state index is -4.68. The van der Waals surface area contributed by atoms with Crippen molar-refractivity contribution >= 4 is 23.4 Å². The SMILES string of the molecule is [C-]#[N+]C1=C(C)N(c2cccc(C(F)(F)F)c2)C(=O)C(C(=O)N[C@@H](C)C(=O)NC2CC2)C1c1ccc(C#N)cc1. The molecule has 0 radical (unpaired) electrons. The topological polar surface area (TPSA) is 107 Å². The molecule has 2 N–H and O–H groups in total. The minimum Gasteiger partial charge on any atom is -0.352 e. The standard InChI is InChI=1S/C28H24F3N5O3/c1-15(25(37)35-20-11-12-20)34-26(38)23-22(18-9-7-17(14-32)8-10-18)24(33-3)16(2)36(27(23)39)21-6-4-5-19(13-21)28(29,30)31/h4-10,13,15,20,22-23H,11-12H2,1-2H3,(H,34,38)(H,35,37)/t15-,22?,23?/m0/s1. The van der Waals surface area contributed by atoms with Gasteiger partial charge in [0, 0.05) is 23.3 Å². The first-order valence-corrected chi connectivity index (χ1v) is 12.2. The number of nitrogens with one attached hydrogen (secondary N) is 2. The van der Waals surface area contributed by atoms with Gasteiger partial charge in [-0.05, 0) is 62.6 Å². The van der Waals surface area contributed by atoms with Crippen molar-refractivity contribution in [3.05, 3.63) is 88.0 Å². The Balaban J connectivity index is 1.80. The molecule has 11 heteroatoms. The number of carbonyl (C=O) groups excluding carboxylic acids is 3. The highest BCUT2D eigenvalue weighted by Gasteiger charge is 2.47. The van der Waals surface area contributed by atoms with E-state index in [-0.39, 0.29) is 23.1 Å². The average Bonchev–Trinajstić information content (AvgIpc) is 3.72. The Kier molecular flexibility index (Phi) is 7.46. The van der Waals surface area contributed by atoms with Crippen LogP contribution in [0.4, 0.5) is 18.9 Å². The second-order valence-corrected chi connectivity index (χ2v) is 9.51. The molecular formula is C28H24F3N5O3. The van der Waals surface area contributed by atoms with Crippen LogP contribution in [0.3, 0.4) is 0 Å². The lowest BCUT2D eigenvalue weighted by atomic mass is 9.78. The van der Waals surface area contributed by atoms with Gasteiger partial charge in [-0.25, -0.2) is 4.85 Å². The summed E-state index contributed by atoms with van der Waals surface area (Å²) in [5.74, 6) is -4.80. The number of nitriles is 1. The van der Waals surface area contributed by atoms with Gasteiger partial charge in [-0.2, -0.15) is 18.4 Å². The van der Waals surface area contributed by atoms with E-state index in [4.69, 9.17) is 11.8 Å². The summed E-state index contributed by atoms with van der Waals surface area (Å²) in [5, 5.41) is 14.5. The monoisotopic (exact) mass is 535 g/mol. The largest absolute Gasteiger partial charge is 0.416 e. The summed E-state index contributed by atoms with van der Waals surface area (Å²) < 4.78 is 40.3. The Morgan fingerprint density at radius 3 is 2.41 bits per heavy atom. The van der Waals surface area contributed by atoms with Crippen LogP contribution >= 0.6 is 0 Å². The molecule has 1 aliphatic heterocycles. The van der Waals surface area contributed by atoms with Crippen LogP contribution in [0.5, 0.6) is 0 Å². The number of hydrogen-bond acceptors (Lipinski definition) is 4. The van der Waals surface area contributed by atoms with E-state index in [0.717, 1.165) is 35.9 Å². The summed E-state index contributed by atoms with van der Waals surface area (Å²) in [6.07, 6.45) is -3.02. The minimum absolute atomic E-state index is 0.0213. The van der Waals surface area contributed by atoms with Gasteiger partial charge in [0.05, 0.1) is 23.8 Å². The average molecular weight is 536 g/mol. The number of nitrogens with zero attached hydrogens (tertiary/aromatic N) is 3. The smallest absolute Gasteiger partial charge is 0.352 e. The summed E-state index contributed by atoms with van der Waals surface area (Å²) >= 11 is 0. The molecule has 2 aliphatic rings. The van der Waals surface area contributed by atoms with Crippen LogP contribution in [-0.4, -0.2) is 29.8 Å². The molecule has 0 aromatic heterocycles. The second kappa shape index (κ2) is 10.6. The molecule has 8 nitrogen and oxygen atoms in total. The molecule has 0 spiro atoms. The van der Waals surface area contributed by atoms with Crippen LogP contribution in [-0.2, 0) is 20.6 Å². The molecule has 2 aromatic carbocycles. The number of anilines is 1. The zero-order valence-corrected chi connectivity index (χ0v) is 21.0. The highest BCUT2D eigenvalue weighted by molar-refractivity contribution is 6.12. The van der Waals surface area contributed by atoms with E-state index < -0.39 is 47.3 Å². The van der Waals surface area contributed by atoms with Gasteiger partial charge in [-0.3, -0.25) is 19.3 Å². The molecule has 1 aliphatic carbocycles. The van der Waals surface area contributed by atoms with Crippen LogP contribution in [0.2, 0.25) is 0 Å². The lowest BCUT2D eigenvalue weighted by molar-refractivity contribution is -0.138. The molecule has 1 heterocycles. The van der Waals surface area contributed by atoms with Gasteiger partial charge in [-0.1, -0.05) is 18.2 Å². The first kappa shape index (κ1) is 27.4. The Morgan fingerprint density at radius 2 is 1.85 bits per heavy atom. The number of halogens is 3. The lowest BCUT2D eigenvalue weighted by Crippen LogP contribution is -2.53. The molecule has 39 heavy (non-hydrogen) atoms. The maximum absolute atomic E-state index is 13.9. The fourth-order valence-electron chi connectivity index (χ4n) is 4.54. The zero-order chi connectivity index (χ0) is 28.5. The fraction of sp³-hybridized carbons (Fsp3) is 0.321. The summed E-state index contributed by atoms with van der Waals surface area (Å²) in [6, 6.07) is 11.1.